The molecule has 0 radical (unpaired) electrons. The van der Waals surface area contributed by atoms with Gasteiger partial charge in [-0.3, -0.25) is 9.59 Å². The van der Waals surface area contributed by atoms with Crippen LogP contribution in [-0.2, 0) is 9.59 Å². The number of hydrogen-bond acceptors (Lipinski definition) is 4. The molecule has 3 rings (SSSR count). The number of piperazine rings is 1. The Balaban J connectivity index is 1.56. The van der Waals surface area contributed by atoms with Crippen LogP contribution in [0.5, 0.6) is 5.88 Å². The topological polar surface area (TPSA) is 67.7 Å². The van der Waals surface area contributed by atoms with Gasteiger partial charge in [-0.1, -0.05) is 18.2 Å². The Hall–Kier alpha value is -2.35. The van der Waals surface area contributed by atoms with E-state index in [1.807, 2.05) is 30.3 Å². The fourth-order valence-corrected chi connectivity index (χ4v) is 3.03. The fourth-order valence-electron chi connectivity index (χ4n) is 2.64. The van der Waals surface area contributed by atoms with Crippen LogP contribution < -0.4 is 4.74 Å². The Morgan fingerprint density at radius 3 is 2.40 bits per heavy atom. The van der Waals surface area contributed by atoms with Crippen LogP contribution in [0.3, 0.4) is 0 Å². The molecule has 1 aliphatic heterocycles. The van der Waals surface area contributed by atoms with E-state index in [9.17, 15) is 9.59 Å². The molecule has 0 aliphatic carbocycles. The van der Waals surface area contributed by atoms with Gasteiger partial charge in [-0.2, -0.15) is 0 Å². The molecule has 1 fully saturated rings. The Morgan fingerprint density at radius 1 is 1.12 bits per heavy atom. The van der Waals surface area contributed by atoms with E-state index in [0.717, 1.165) is 5.69 Å². The molecule has 1 aliphatic rings. The van der Waals surface area contributed by atoms with Gasteiger partial charge in [0.05, 0.1) is 10.2 Å². The Labute approximate surface area is 154 Å². The summed E-state index contributed by atoms with van der Waals surface area (Å²) < 4.78 is 7.95. The van der Waals surface area contributed by atoms with Crippen LogP contribution in [0, 0.1) is 0 Å². The van der Waals surface area contributed by atoms with Crippen molar-refractivity contribution in [1.29, 1.82) is 0 Å². The Bertz CT molecular complexity index is 755. The normalized spacial score (nSPS) is 14.5. The first-order valence-electron chi connectivity index (χ1n) is 8.01. The maximum absolute atomic E-state index is 12.3. The van der Waals surface area contributed by atoms with Crippen LogP contribution in [0.15, 0.2) is 41.0 Å². The summed E-state index contributed by atoms with van der Waals surface area (Å²) >= 11 is 3.41. The molecule has 8 heteroatoms. The molecule has 132 valence electrons. The van der Waals surface area contributed by atoms with Crippen LogP contribution in [0.25, 0.3) is 5.69 Å². The van der Waals surface area contributed by atoms with Gasteiger partial charge in [0.25, 0.3) is 5.91 Å². The second-order valence-electron chi connectivity index (χ2n) is 5.74. The molecule has 1 aromatic heterocycles. The molecule has 7 nitrogen and oxygen atoms in total. The molecule has 2 aromatic rings. The number of carbonyl (C=O) groups is 2. The van der Waals surface area contributed by atoms with Crippen LogP contribution in [0.1, 0.15) is 6.92 Å². The summed E-state index contributed by atoms with van der Waals surface area (Å²) in [5, 5.41) is 4.36. The van der Waals surface area contributed by atoms with Gasteiger partial charge in [-0.25, -0.2) is 4.68 Å². The molecule has 0 unspecified atom stereocenters. The van der Waals surface area contributed by atoms with Crippen LogP contribution in [-0.4, -0.2) is 64.2 Å². The van der Waals surface area contributed by atoms with Gasteiger partial charge < -0.3 is 14.5 Å². The highest BCUT2D eigenvalue weighted by Crippen LogP contribution is 2.24. The lowest BCUT2D eigenvalue weighted by molar-refractivity contribution is -0.139. The van der Waals surface area contributed by atoms with Gasteiger partial charge in [0, 0.05) is 39.3 Å². The molecule has 1 saturated heterocycles. The number of amides is 2. The smallest absolute Gasteiger partial charge is 0.260 e. The number of aromatic nitrogens is 2. The summed E-state index contributed by atoms with van der Waals surface area (Å²) in [6.07, 6.45) is 1.79. The zero-order chi connectivity index (χ0) is 17.8. The van der Waals surface area contributed by atoms with Crippen LogP contribution in [0.2, 0.25) is 0 Å². The number of hydrogen-bond donors (Lipinski definition) is 0. The summed E-state index contributed by atoms with van der Waals surface area (Å²) in [6, 6.07) is 9.65. The minimum absolute atomic E-state index is 0.0405. The van der Waals surface area contributed by atoms with Crippen LogP contribution in [0.4, 0.5) is 0 Å². The summed E-state index contributed by atoms with van der Waals surface area (Å²) in [7, 11) is 0. The minimum atomic E-state index is -0.107. The lowest BCUT2D eigenvalue weighted by Gasteiger charge is -2.34. The van der Waals surface area contributed by atoms with Gasteiger partial charge in [-0.05, 0) is 28.1 Å². The van der Waals surface area contributed by atoms with Gasteiger partial charge in [0.1, 0.15) is 0 Å². The lowest BCUT2D eigenvalue weighted by Crippen LogP contribution is -2.51. The third-order valence-electron chi connectivity index (χ3n) is 4.07. The summed E-state index contributed by atoms with van der Waals surface area (Å²) in [5.74, 6) is 0.308. The number of carbonyl (C=O) groups excluding carboxylic acids is 2. The molecule has 0 spiro atoms. The average Bonchev–Trinajstić information content (AvgIpc) is 3.01. The Kier molecular flexibility index (Phi) is 5.37. The molecule has 2 heterocycles. The highest BCUT2D eigenvalue weighted by atomic mass is 79.9. The molecule has 0 atom stereocenters. The summed E-state index contributed by atoms with van der Waals surface area (Å²) in [4.78, 5) is 27.1. The van der Waals surface area contributed by atoms with Crippen molar-refractivity contribution in [3.05, 3.63) is 41.0 Å². The van der Waals surface area contributed by atoms with Crippen LogP contribution >= 0.6 is 15.9 Å². The number of rotatable bonds is 4. The maximum Gasteiger partial charge on any atom is 0.260 e. The molecule has 0 bridgehead atoms. The predicted octanol–water partition coefficient (Wildman–Crippen LogP) is 1.70. The molecule has 25 heavy (non-hydrogen) atoms. The Morgan fingerprint density at radius 2 is 1.76 bits per heavy atom. The summed E-state index contributed by atoms with van der Waals surface area (Å²) in [5.41, 5.74) is 0.907. The number of nitrogens with zero attached hydrogens (tertiary/aromatic N) is 4. The number of halogens is 1. The third-order valence-corrected chi connectivity index (χ3v) is 4.61. The van der Waals surface area contributed by atoms with Crippen molar-refractivity contribution in [3.63, 3.8) is 0 Å². The van der Waals surface area contributed by atoms with Gasteiger partial charge >= 0.3 is 0 Å². The lowest BCUT2D eigenvalue weighted by atomic mass is 10.3. The second kappa shape index (κ2) is 7.69. The van der Waals surface area contributed by atoms with E-state index in [0.29, 0.717) is 36.5 Å². The molecule has 0 saturated carbocycles. The molecular formula is C17H19BrN4O3. The molecule has 1 aromatic carbocycles. The second-order valence-corrected chi connectivity index (χ2v) is 6.59. The largest absolute Gasteiger partial charge is 0.466 e. The van der Waals surface area contributed by atoms with Gasteiger partial charge in [0.2, 0.25) is 11.8 Å². The van der Waals surface area contributed by atoms with Crippen molar-refractivity contribution in [2.24, 2.45) is 0 Å². The SMILES string of the molecule is CC(=O)N1CCN(C(=O)COc2nn(-c3ccccc3)cc2Br)CC1. The number of ether oxygens (including phenoxy) is 1. The van der Waals surface area contributed by atoms with E-state index < -0.39 is 0 Å². The first-order chi connectivity index (χ1) is 12.0. The maximum atomic E-state index is 12.3. The van der Waals surface area contributed by atoms with E-state index in [4.69, 9.17) is 4.74 Å². The van der Waals surface area contributed by atoms with Gasteiger partial charge in [-0.15, -0.1) is 5.10 Å². The van der Waals surface area contributed by atoms with E-state index in [2.05, 4.69) is 21.0 Å². The zero-order valence-electron chi connectivity index (χ0n) is 13.9. The van der Waals surface area contributed by atoms with Crippen molar-refractivity contribution < 1.29 is 14.3 Å². The van der Waals surface area contributed by atoms with Crippen molar-refractivity contribution in [1.82, 2.24) is 19.6 Å². The first kappa shape index (κ1) is 17.5. The quantitative estimate of drug-likeness (QED) is 0.774. The standard InChI is InChI=1S/C17H19BrN4O3/c1-13(23)20-7-9-21(10-8-20)16(24)12-25-17-15(18)11-22(19-17)14-5-3-2-4-6-14/h2-6,11H,7-10,12H2,1H3. The third kappa shape index (κ3) is 4.19. The molecule has 0 N–H and O–H groups in total. The molecular weight excluding hydrogens is 388 g/mol. The highest BCUT2D eigenvalue weighted by Gasteiger charge is 2.23. The van der Waals surface area contributed by atoms with E-state index in [-0.39, 0.29) is 18.4 Å². The highest BCUT2D eigenvalue weighted by molar-refractivity contribution is 9.10. The van der Waals surface area contributed by atoms with E-state index in [1.54, 1.807) is 27.6 Å². The monoisotopic (exact) mass is 406 g/mol. The predicted molar refractivity (Wildman–Crippen MR) is 95.6 cm³/mol. The number of benzene rings is 1. The van der Waals surface area contributed by atoms with Gasteiger partial charge in [0.15, 0.2) is 6.61 Å². The minimum Gasteiger partial charge on any atom is -0.466 e. The van der Waals surface area contributed by atoms with Crippen molar-refractivity contribution >= 4 is 27.7 Å². The van der Waals surface area contributed by atoms with E-state index in [1.165, 1.54) is 0 Å². The van der Waals surface area contributed by atoms with E-state index >= 15 is 0 Å². The number of para-hydroxylation sites is 1. The average molecular weight is 407 g/mol. The van der Waals surface area contributed by atoms with Crippen molar-refractivity contribution in [2.75, 3.05) is 32.8 Å². The van der Waals surface area contributed by atoms with Crippen molar-refractivity contribution in [2.45, 2.75) is 6.92 Å². The summed E-state index contributed by atoms with van der Waals surface area (Å²) in [6.45, 7) is 3.65. The molecule has 2 amide bonds. The van der Waals surface area contributed by atoms with Crippen molar-refractivity contribution in [3.8, 4) is 11.6 Å². The fraction of sp³-hybridized carbons (Fsp3) is 0.353. The zero-order valence-corrected chi connectivity index (χ0v) is 15.5. The first-order valence-corrected chi connectivity index (χ1v) is 8.80.